The molecule has 0 aliphatic heterocycles. The summed E-state index contributed by atoms with van der Waals surface area (Å²) < 4.78 is 11.8. The Morgan fingerprint density at radius 3 is 2.97 bits per heavy atom. The van der Waals surface area contributed by atoms with E-state index in [1.54, 1.807) is 31.6 Å². The number of aryl methyl sites for hydroxylation is 1. The summed E-state index contributed by atoms with van der Waals surface area (Å²) in [6.07, 6.45) is 5.82. The van der Waals surface area contributed by atoms with Gasteiger partial charge in [-0.3, -0.25) is 15.0 Å². The Balaban J connectivity index is 1.62. The van der Waals surface area contributed by atoms with Gasteiger partial charge in [-0.25, -0.2) is 9.66 Å². The van der Waals surface area contributed by atoms with Gasteiger partial charge < -0.3 is 9.15 Å². The molecule has 7 nitrogen and oxygen atoms in total. The second-order valence-corrected chi connectivity index (χ2v) is 7.14. The number of benzene rings is 1. The minimum Gasteiger partial charge on any atom is -0.496 e. The molecule has 0 aliphatic rings. The molecule has 8 heteroatoms. The first-order chi connectivity index (χ1) is 14.1. The van der Waals surface area contributed by atoms with Crippen LogP contribution in [0.5, 0.6) is 5.75 Å². The molecule has 3 heterocycles. The number of ether oxygens (including phenoxy) is 1. The predicted octanol–water partition coefficient (Wildman–Crippen LogP) is 3.82. The second kappa shape index (κ2) is 7.76. The Hall–Kier alpha value is -3.65. The molecule has 1 aromatic carbocycles. The first-order valence-electron chi connectivity index (χ1n) is 8.73. The zero-order valence-corrected chi connectivity index (χ0v) is 16.5. The van der Waals surface area contributed by atoms with Crippen molar-refractivity contribution in [3.05, 3.63) is 75.9 Å². The summed E-state index contributed by atoms with van der Waals surface area (Å²) in [7, 11) is 1.57. The third-order valence-corrected chi connectivity index (χ3v) is 5.20. The highest BCUT2D eigenvalue weighted by Gasteiger charge is 2.15. The molecule has 3 aromatic heterocycles. The van der Waals surface area contributed by atoms with Crippen LogP contribution >= 0.6 is 11.3 Å². The van der Waals surface area contributed by atoms with Crippen LogP contribution in [0.1, 0.15) is 11.1 Å². The summed E-state index contributed by atoms with van der Waals surface area (Å²) in [4.78, 5) is 30.1. The van der Waals surface area contributed by atoms with Crippen LogP contribution < -0.4 is 15.7 Å². The summed E-state index contributed by atoms with van der Waals surface area (Å²) in [6.45, 7) is 1.95. The van der Waals surface area contributed by atoms with Crippen molar-refractivity contribution in [2.75, 3.05) is 12.5 Å². The van der Waals surface area contributed by atoms with Crippen LogP contribution in [0.4, 0.5) is 0 Å². The number of amides is 1. The van der Waals surface area contributed by atoms with Gasteiger partial charge in [0, 0.05) is 22.6 Å². The fraction of sp³-hybridized carbons (Fsp3) is 0.0952. The van der Waals surface area contributed by atoms with Crippen LogP contribution in [-0.4, -0.2) is 22.7 Å². The Bertz CT molecular complexity index is 1270. The van der Waals surface area contributed by atoms with Gasteiger partial charge in [-0.15, -0.1) is 11.3 Å². The van der Waals surface area contributed by atoms with E-state index < -0.39 is 5.91 Å². The van der Waals surface area contributed by atoms with Crippen molar-refractivity contribution in [2.45, 2.75) is 6.92 Å². The number of carbonyl (C=O) groups excluding carboxylic acids is 1. The molecule has 1 N–H and O–H groups in total. The van der Waals surface area contributed by atoms with Gasteiger partial charge in [0.25, 0.3) is 11.5 Å². The van der Waals surface area contributed by atoms with Gasteiger partial charge in [0.15, 0.2) is 0 Å². The third-order valence-electron chi connectivity index (χ3n) is 4.31. The van der Waals surface area contributed by atoms with Gasteiger partial charge in [-0.1, -0.05) is 11.6 Å². The standard InChI is InChI=1S/C21H17N3O4S/c1-13-5-7-16(27-2)14(10-13)6-8-18(25)23-24-12-22-20-19(21(24)26)15(11-29-20)17-4-3-9-28-17/h3-12H,1-2H3,(H,23,25). The van der Waals surface area contributed by atoms with E-state index in [0.717, 1.165) is 15.8 Å². The molecular formula is C21H17N3O4S. The molecule has 146 valence electrons. The van der Waals surface area contributed by atoms with Crippen molar-refractivity contribution in [1.29, 1.82) is 0 Å². The van der Waals surface area contributed by atoms with E-state index in [2.05, 4.69) is 10.4 Å². The van der Waals surface area contributed by atoms with E-state index in [0.29, 0.717) is 27.3 Å². The van der Waals surface area contributed by atoms with Gasteiger partial charge in [0.1, 0.15) is 22.7 Å². The molecule has 0 aliphatic carbocycles. The summed E-state index contributed by atoms with van der Waals surface area (Å²) in [5.41, 5.74) is 4.61. The molecule has 0 fully saturated rings. The van der Waals surface area contributed by atoms with Crippen LogP contribution in [0.25, 0.3) is 27.6 Å². The van der Waals surface area contributed by atoms with Crippen LogP contribution in [0.15, 0.2) is 63.6 Å². The Labute approximate surface area is 169 Å². The molecule has 0 saturated carbocycles. The number of rotatable bonds is 5. The molecule has 4 aromatic rings. The fourth-order valence-electron chi connectivity index (χ4n) is 2.93. The zero-order valence-electron chi connectivity index (χ0n) is 15.7. The van der Waals surface area contributed by atoms with Crippen molar-refractivity contribution >= 4 is 33.5 Å². The number of hydrogen-bond acceptors (Lipinski definition) is 6. The number of furan rings is 1. The predicted molar refractivity (Wildman–Crippen MR) is 113 cm³/mol. The number of nitrogens with zero attached hydrogens (tertiary/aromatic N) is 2. The molecule has 0 bridgehead atoms. The molecule has 4 rings (SSSR count). The summed E-state index contributed by atoms with van der Waals surface area (Å²) in [5.74, 6) is 0.763. The lowest BCUT2D eigenvalue weighted by Gasteiger charge is -2.07. The zero-order chi connectivity index (χ0) is 20.4. The van der Waals surface area contributed by atoms with Crippen LogP contribution in [0.3, 0.4) is 0 Å². The van der Waals surface area contributed by atoms with Crippen molar-refractivity contribution in [3.63, 3.8) is 0 Å². The topological polar surface area (TPSA) is 86.4 Å². The summed E-state index contributed by atoms with van der Waals surface area (Å²) in [6, 6.07) is 9.19. The monoisotopic (exact) mass is 407 g/mol. The second-order valence-electron chi connectivity index (χ2n) is 6.28. The van der Waals surface area contributed by atoms with Gasteiger partial charge in [-0.2, -0.15) is 0 Å². The lowest BCUT2D eigenvalue weighted by Crippen LogP contribution is -2.32. The Morgan fingerprint density at radius 1 is 1.34 bits per heavy atom. The van der Waals surface area contributed by atoms with E-state index in [1.807, 2.05) is 30.5 Å². The van der Waals surface area contributed by atoms with Crippen LogP contribution in [0.2, 0.25) is 0 Å². The van der Waals surface area contributed by atoms with Gasteiger partial charge >= 0.3 is 0 Å². The lowest BCUT2D eigenvalue weighted by atomic mass is 10.1. The summed E-state index contributed by atoms with van der Waals surface area (Å²) >= 11 is 1.34. The highest BCUT2D eigenvalue weighted by molar-refractivity contribution is 7.17. The normalized spacial score (nSPS) is 11.2. The maximum absolute atomic E-state index is 12.9. The average molecular weight is 407 g/mol. The molecule has 0 unspecified atom stereocenters. The van der Waals surface area contributed by atoms with Crippen molar-refractivity contribution in [2.24, 2.45) is 0 Å². The Kier molecular flexibility index (Phi) is 5.01. The molecule has 0 spiro atoms. The summed E-state index contributed by atoms with van der Waals surface area (Å²) in [5, 5.41) is 2.21. The minimum atomic E-state index is -0.466. The number of methoxy groups -OCH3 is 1. The smallest absolute Gasteiger partial charge is 0.281 e. The number of nitrogens with one attached hydrogen (secondary N) is 1. The molecule has 29 heavy (non-hydrogen) atoms. The largest absolute Gasteiger partial charge is 0.496 e. The van der Waals surface area contributed by atoms with Crippen LogP contribution in [0, 0.1) is 6.92 Å². The highest BCUT2D eigenvalue weighted by atomic mass is 32.1. The van der Waals surface area contributed by atoms with Crippen molar-refractivity contribution < 1.29 is 13.9 Å². The maximum atomic E-state index is 12.9. The number of thiophene rings is 1. The van der Waals surface area contributed by atoms with Gasteiger partial charge in [0.2, 0.25) is 0 Å². The first-order valence-corrected chi connectivity index (χ1v) is 9.61. The van der Waals surface area contributed by atoms with Crippen LogP contribution in [-0.2, 0) is 4.79 Å². The van der Waals surface area contributed by atoms with E-state index in [1.165, 1.54) is 23.7 Å². The SMILES string of the molecule is COc1ccc(C)cc1C=CC(=O)Nn1cnc2scc(-c3ccco3)c2c1=O. The fourth-order valence-corrected chi connectivity index (χ4v) is 3.82. The highest BCUT2D eigenvalue weighted by Crippen LogP contribution is 2.30. The van der Waals surface area contributed by atoms with Crippen molar-refractivity contribution in [3.8, 4) is 17.1 Å². The molecule has 0 atom stereocenters. The number of carbonyl (C=O) groups is 1. The quantitative estimate of drug-likeness (QED) is 0.508. The molecule has 0 radical (unpaired) electrons. The van der Waals surface area contributed by atoms with Gasteiger partial charge in [0.05, 0.1) is 18.8 Å². The number of aromatic nitrogens is 2. The Morgan fingerprint density at radius 2 is 2.21 bits per heavy atom. The molecule has 0 saturated heterocycles. The minimum absolute atomic E-state index is 0.377. The van der Waals surface area contributed by atoms with E-state index in [-0.39, 0.29) is 5.56 Å². The van der Waals surface area contributed by atoms with Crippen molar-refractivity contribution in [1.82, 2.24) is 9.66 Å². The van der Waals surface area contributed by atoms with E-state index in [9.17, 15) is 9.59 Å². The van der Waals surface area contributed by atoms with E-state index in [4.69, 9.17) is 9.15 Å². The van der Waals surface area contributed by atoms with Gasteiger partial charge in [-0.05, 0) is 37.3 Å². The molecule has 1 amide bonds. The maximum Gasteiger partial charge on any atom is 0.281 e. The third kappa shape index (κ3) is 3.70. The number of fused-ring (bicyclic) bond motifs is 1. The molecular weight excluding hydrogens is 390 g/mol. The van der Waals surface area contributed by atoms with E-state index >= 15 is 0 Å². The lowest BCUT2D eigenvalue weighted by molar-refractivity contribution is -0.112. The average Bonchev–Trinajstić information content (AvgIpc) is 3.38. The first kappa shape index (κ1) is 18.7. The number of hydrogen-bond donors (Lipinski definition) is 1.